The van der Waals surface area contributed by atoms with E-state index in [2.05, 4.69) is 29.4 Å². The summed E-state index contributed by atoms with van der Waals surface area (Å²) in [6.07, 6.45) is 2.37. The summed E-state index contributed by atoms with van der Waals surface area (Å²) >= 11 is 0. The molecule has 3 saturated heterocycles. The number of hydrogen-bond acceptors (Lipinski definition) is 6. The standard InChI is InChI=1S/C28H42N4O5/c1-6-16-29-24(34)21-22-26(36)32(19(7-2)17-33)23(28(22)15-14-27(21,5)37-28)25(35)30-18-10-12-20(13-11-18)31(8-3)9-4/h10-13,19,21-23,33H,6-9,14-17H2,1-5H3,(H,29,34)(H,30,35)/t19-,21+,22-,23?,27-,28?/m0/s1. The molecule has 1 aromatic rings. The van der Waals surface area contributed by atoms with Crippen LogP contribution in [0, 0.1) is 11.8 Å². The van der Waals surface area contributed by atoms with E-state index in [0.29, 0.717) is 31.5 Å². The van der Waals surface area contributed by atoms with Gasteiger partial charge in [0.1, 0.15) is 11.6 Å². The lowest BCUT2D eigenvalue weighted by Gasteiger charge is -2.36. The number of nitrogens with zero attached hydrogens (tertiary/aromatic N) is 2. The number of likely N-dealkylation sites (tertiary alicyclic amines) is 1. The second-order valence-corrected chi connectivity index (χ2v) is 10.7. The van der Waals surface area contributed by atoms with Gasteiger partial charge in [-0.15, -0.1) is 0 Å². The minimum Gasteiger partial charge on any atom is -0.394 e. The Morgan fingerprint density at radius 3 is 2.38 bits per heavy atom. The molecule has 1 spiro atoms. The predicted molar refractivity (Wildman–Crippen MR) is 142 cm³/mol. The van der Waals surface area contributed by atoms with Crippen LogP contribution in [0.25, 0.3) is 0 Å². The van der Waals surface area contributed by atoms with E-state index in [1.54, 1.807) is 0 Å². The van der Waals surface area contributed by atoms with Gasteiger partial charge >= 0.3 is 0 Å². The maximum Gasteiger partial charge on any atom is 0.250 e. The summed E-state index contributed by atoms with van der Waals surface area (Å²) in [5, 5.41) is 16.1. The summed E-state index contributed by atoms with van der Waals surface area (Å²) < 4.78 is 6.60. The summed E-state index contributed by atoms with van der Waals surface area (Å²) in [7, 11) is 0. The van der Waals surface area contributed by atoms with Crippen LogP contribution in [0.3, 0.4) is 0 Å². The number of rotatable bonds is 11. The predicted octanol–water partition coefficient (Wildman–Crippen LogP) is 2.53. The van der Waals surface area contributed by atoms with Gasteiger partial charge in [0, 0.05) is 31.0 Å². The zero-order chi connectivity index (χ0) is 27.0. The SMILES string of the molecule is CCCNC(=O)[C@H]1[C@H]2C(=O)N([C@@H](CC)CO)C(C(=O)Nc3ccc(N(CC)CC)cc3)C23CC[C@]1(C)O3. The van der Waals surface area contributed by atoms with Crippen molar-refractivity contribution in [3.8, 4) is 0 Å². The molecule has 3 aliphatic rings. The molecule has 3 N–H and O–H groups in total. The van der Waals surface area contributed by atoms with Crippen molar-refractivity contribution in [2.45, 2.75) is 83.6 Å². The first-order valence-electron chi connectivity index (χ1n) is 13.8. The highest BCUT2D eigenvalue weighted by atomic mass is 16.5. The third kappa shape index (κ3) is 4.40. The Bertz CT molecular complexity index is 1010. The van der Waals surface area contributed by atoms with Crippen molar-refractivity contribution in [1.82, 2.24) is 10.2 Å². The molecule has 3 amide bonds. The van der Waals surface area contributed by atoms with Crippen LogP contribution in [0.4, 0.5) is 11.4 Å². The number of nitrogens with one attached hydrogen (secondary N) is 2. The van der Waals surface area contributed by atoms with Gasteiger partial charge in [0.05, 0.1) is 30.1 Å². The number of carbonyl (C=O) groups is 3. The van der Waals surface area contributed by atoms with Gasteiger partial charge < -0.3 is 30.3 Å². The summed E-state index contributed by atoms with van der Waals surface area (Å²) in [4.78, 5) is 44.9. The molecule has 0 aromatic heterocycles. The molecule has 0 saturated carbocycles. The highest BCUT2D eigenvalue weighted by Crippen LogP contribution is 2.63. The van der Waals surface area contributed by atoms with Gasteiger partial charge in [0.25, 0.3) is 0 Å². The summed E-state index contributed by atoms with van der Waals surface area (Å²) in [6, 6.07) is 6.19. The number of ether oxygens (including phenoxy) is 1. The molecule has 9 nitrogen and oxygen atoms in total. The quantitative estimate of drug-likeness (QED) is 0.419. The summed E-state index contributed by atoms with van der Waals surface area (Å²) in [5.74, 6) is -2.26. The van der Waals surface area contributed by atoms with Gasteiger partial charge in [-0.25, -0.2) is 0 Å². The first-order valence-corrected chi connectivity index (χ1v) is 13.8. The lowest BCUT2D eigenvalue weighted by molar-refractivity contribution is -0.148. The number of aliphatic hydroxyl groups is 1. The lowest BCUT2D eigenvalue weighted by Crippen LogP contribution is -2.56. The van der Waals surface area contributed by atoms with E-state index in [1.807, 2.05) is 45.0 Å². The van der Waals surface area contributed by atoms with Crippen LogP contribution in [0.5, 0.6) is 0 Å². The molecule has 9 heteroatoms. The van der Waals surface area contributed by atoms with Crippen LogP contribution < -0.4 is 15.5 Å². The fourth-order valence-corrected chi connectivity index (χ4v) is 6.78. The van der Waals surface area contributed by atoms with E-state index in [0.717, 1.165) is 25.2 Å². The molecule has 3 fully saturated rings. The number of carbonyl (C=O) groups excluding carboxylic acids is 3. The van der Waals surface area contributed by atoms with Crippen LogP contribution in [0.2, 0.25) is 0 Å². The Morgan fingerprint density at radius 2 is 1.81 bits per heavy atom. The molecule has 2 unspecified atom stereocenters. The fourth-order valence-electron chi connectivity index (χ4n) is 6.78. The van der Waals surface area contributed by atoms with Crippen molar-refractivity contribution in [2.24, 2.45) is 11.8 Å². The van der Waals surface area contributed by atoms with E-state index in [9.17, 15) is 19.5 Å². The van der Waals surface area contributed by atoms with Crippen molar-refractivity contribution < 1.29 is 24.2 Å². The average Bonchev–Trinajstić information content (AvgIpc) is 3.46. The largest absolute Gasteiger partial charge is 0.394 e. The minimum atomic E-state index is -1.10. The topological polar surface area (TPSA) is 111 Å². The van der Waals surface area contributed by atoms with Gasteiger partial charge in [0.2, 0.25) is 17.7 Å². The van der Waals surface area contributed by atoms with Crippen LogP contribution >= 0.6 is 0 Å². The van der Waals surface area contributed by atoms with Gasteiger partial charge in [-0.3, -0.25) is 14.4 Å². The zero-order valence-electron chi connectivity index (χ0n) is 22.8. The molecule has 3 heterocycles. The average molecular weight is 515 g/mol. The Morgan fingerprint density at radius 1 is 1.14 bits per heavy atom. The van der Waals surface area contributed by atoms with Crippen molar-refractivity contribution >= 4 is 29.1 Å². The number of amides is 3. The van der Waals surface area contributed by atoms with E-state index >= 15 is 0 Å². The molecule has 6 atom stereocenters. The molecule has 204 valence electrons. The highest BCUT2D eigenvalue weighted by molar-refractivity contribution is 6.04. The van der Waals surface area contributed by atoms with Gasteiger partial charge in [-0.05, 0) is 70.7 Å². The van der Waals surface area contributed by atoms with E-state index < -0.39 is 35.1 Å². The van der Waals surface area contributed by atoms with Crippen LogP contribution in [-0.2, 0) is 19.1 Å². The van der Waals surface area contributed by atoms with Gasteiger partial charge in [-0.2, -0.15) is 0 Å². The maximum absolute atomic E-state index is 14.0. The van der Waals surface area contributed by atoms with Crippen LogP contribution in [0.15, 0.2) is 24.3 Å². The number of fused-ring (bicyclic) bond motifs is 1. The molecule has 4 rings (SSSR count). The first kappa shape index (κ1) is 27.4. The normalized spacial score (nSPS) is 30.8. The van der Waals surface area contributed by atoms with Crippen molar-refractivity contribution in [2.75, 3.05) is 36.5 Å². The van der Waals surface area contributed by atoms with Crippen molar-refractivity contribution in [3.63, 3.8) is 0 Å². The number of hydrogen-bond donors (Lipinski definition) is 3. The highest BCUT2D eigenvalue weighted by Gasteiger charge is 2.78. The summed E-state index contributed by atoms with van der Waals surface area (Å²) in [6.45, 7) is 12.0. The number of aliphatic hydroxyl groups excluding tert-OH is 1. The maximum atomic E-state index is 14.0. The van der Waals surface area contributed by atoms with Crippen LogP contribution in [0.1, 0.15) is 60.3 Å². The molecule has 2 bridgehead atoms. The van der Waals surface area contributed by atoms with Gasteiger partial charge in [0.15, 0.2) is 0 Å². The Kier molecular flexibility index (Phi) is 7.85. The van der Waals surface area contributed by atoms with Gasteiger partial charge in [-0.1, -0.05) is 13.8 Å². The van der Waals surface area contributed by atoms with E-state index in [1.165, 1.54) is 4.90 Å². The van der Waals surface area contributed by atoms with Crippen LogP contribution in [-0.4, -0.2) is 77.3 Å². The minimum absolute atomic E-state index is 0.200. The number of anilines is 2. The molecule has 37 heavy (non-hydrogen) atoms. The lowest BCUT2D eigenvalue weighted by atomic mass is 9.66. The Labute approximate surface area is 219 Å². The zero-order valence-corrected chi connectivity index (χ0v) is 22.8. The van der Waals surface area contributed by atoms with Crippen molar-refractivity contribution in [3.05, 3.63) is 24.3 Å². The monoisotopic (exact) mass is 514 g/mol. The summed E-state index contributed by atoms with van der Waals surface area (Å²) in [5.41, 5.74) is -0.221. The van der Waals surface area contributed by atoms with E-state index in [-0.39, 0.29) is 24.3 Å². The Balaban J connectivity index is 1.68. The molecule has 3 aliphatic heterocycles. The number of benzene rings is 1. The molecule has 0 aliphatic carbocycles. The molecular formula is C28H42N4O5. The third-order valence-electron chi connectivity index (χ3n) is 8.63. The third-order valence-corrected chi connectivity index (χ3v) is 8.63. The Hall–Kier alpha value is -2.65. The smallest absolute Gasteiger partial charge is 0.250 e. The van der Waals surface area contributed by atoms with Crippen molar-refractivity contribution in [1.29, 1.82) is 0 Å². The molecule has 0 radical (unpaired) electrons. The second-order valence-electron chi connectivity index (χ2n) is 10.7. The van der Waals surface area contributed by atoms with E-state index in [4.69, 9.17) is 4.74 Å². The first-order chi connectivity index (χ1) is 17.7. The molecule has 1 aromatic carbocycles. The molecular weight excluding hydrogens is 472 g/mol. The fraction of sp³-hybridized carbons (Fsp3) is 0.679. The second kappa shape index (κ2) is 10.6.